The summed E-state index contributed by atoms with van der Waals surface area (Å²) in [4.78, 5) is 16.9. The van der Waals surface area contributed by atoms with Gasteiger partial charge in [-0.2, -0.15) is 9.29 Å². The number of carbonyl (C=O) groups is 1. The minimum absolute atomic E-state index is 0.139. The van der Waals surface area contributed by atoms with Crippen LogP contribution in [0.2, 0.25) is 0 Å². The number of sulfonamides is 1. The molecule has 1 amide bonds. The molecule has 8 nitrogen and oxygen atoms in total. The molecule has 0 saturated carbocycles. The van der Waals surface area contributed by atoms with Gasteiger partial charge in [0, 0.05) is 36.7 Å². The number of piperidine rings is 1. The molecule has 2 aromatic carbocycles. The molecule has 32 heavy (non-hydrogen) atoms. The number of aromatic nitrogens is 2. The fraction of sp³-hybridized carbons (Fsp3) is 0.318. The fourth-order valence-corrected chi connectivity index (χ4v) is 5.15. The number of amides is 1. The standard InChI is InChI=1S/C22H23FN4O4S/c1-2-20-25-21(26-31-20)16-5-3-8-19(13-16)32(29,30)27-11-9-15(10-12-27)22(28)24-18-7-4-6-17(23)14-18/h3-8,13-15H,2,9-12H2,1H3,(H,24,28). The summed E-state index contributed by atoms with van der Waals surface area (Å²) in [7, 11) is -3.74. The number of nitrogens with one attached hydrogen (secondary N) is 1. The van der Waals surface area contributed by atoms with Crippen molar-refractivity contribution in [1.82, 2.24) is 14.4 Å². The summed E-state index contributed by atoms with van der Waals surface area (Å²) in [5.41, 5.74) is 0.938. The molecule has 1 fully saturated rings. The number of halogens is 1. The van der Waals surface area contributed by atoms with Crippen molar-refractivity contribution in [1.29, 1.82) is 0 Å². The van der Waals surface area contributed by atoms with Crippen LogP contribution in [0.3, 0.4) is 0 Å². The van der Waals surface area contributed by atoms with Crippen LogP contribution in [0.5, 0.6) is 0 Å². The van der Waals surface area contributed by atoms with E-state index in [4.69, 9.17) is 4.52 Å². The number of carbonyl (C=O) groups excluding carboxylic acids is 1. The second-order valence-electron chi connectivity index (χ2n) is 7.57. The summed E-state index contributed by atoms with van der Waals surface area (Å²) < 4.78 is 46.1. The molecule has 3 aromatic rings. The highest BCUT2D eigenvalue weighted by molar-refractivity contribution is 7.89. The zero-order chi connectivity index (χ0) is 22.7. The molecular formula is C22H23FN4O4S. The average molecular weight is 459 g/mol. The number of benzene rings is 2. The quantitative estimate of drug-likeness (QED) is 0.606. The second-order valence-corrected chi connectivity index (χ2v) is 9.51. The number of rotatable bonds is 6. The van der Waals surface area contributed by atoms with E-state index in [0.29, 0.717) is 42.2 Å². The number of hydrogen-bond acceptors (Lipinski definition) is 6. The van der Waals surface area contributed by atoms with Crippen LogP contribution in [0.1, 0.15) is 25.7 Å². The molecule has 0 radical (unpaired) electrons. The number of nitrogens with zero attached hydrogens (tertiary/aromatic N) is 3. The first-order chi connectivity index (χ1) is 15.4. The van der Waals surface area contributed by atoms with Crippen LogP contribution < -0.4 is 5.32 Å². The van der Waals surface area contributed by atoms with Gasteiger partial charge in [-0.05, 0) is 43.2 Å². The summed E-state index contributed by atoms with van der Waals surface area (Å²) in [6.07, 6.45) is 1.35. The van der Waals surface area contributed by atoms with E-state index in [1.807, 2.05) is 6.92 Å². The largest absolute Gasteiger partial charge is 0.339 e. The van der Waals surface area contributed by atoms with E-state index in [9.17, 15) is 17.6 Å². The van der Waals surface area contributed by atoms with Crippen LogP contribution in [-0.2, 0) is 21.2 Å². The predicted octanol–water partition coefficient (Wildman–Crippen LogP) is 3.48. The van der Waals surface area contributed by atoms with E-state index in [0.717, 1.165) is 0 Å². The molecule has 0 spiro atoms. The molecule has 4 rings (SSSR count). The summed E-state index contributed by atoms with van der Waals surface area (Å²) in [5.74, 6) is -0.197. The van der Waals surface area contributed by atoms with Gasteiger partial charge < -0.3 is 9.84 Å². The molecule has 1 aromatic heterocycles. The first kappa shape index (κ1) is 22.1. The van der Waals surface area contributed by atoms with E-state index >= 15 is 0 Å². The topological polar surface area (TPSA) is 105 Å². The Morgan fingerprint density at radius 3 is 2.62 bits per heavy atom. The molecule has 10 heteroatoms. The summed E-state index contributed by atoms with van der Waals surface area (Å²) >= 11 is 0. The maximum atomic E-state index is 13.3. The Bertz CT molecular complexity index is 1220. The summed E-state index contributed by atoms with van der Waals surface area (Å²) in [5, 5.41) is 6.60. The van der Waals surface area contributed by atoms with Gasteiger partial charge in [0.2, 0.25) is 27.6 Å². The van der Waals surface area contributed by atoms with Crippen LogP contribution in [0.25, 0.3) is 11.4 Å². The van der Waals surface area contributed by atoms with Crippen molar-refractivity contribution in [3.8, 4) is 11.4 Å². The van der Waals surface area contributed by atoms with Crippen molar-refractivity contribution < 1.29 is 22.1 Å². The number of aryl methyl sites for hydroxylation is 1. The molecule has 0 atom stereocenters. The normalized spacial score (nSPS) is 15.6. The summed E-state index contributed by atoms with van der Waals surface area (Å²) in [6, 6.07) is 12.1. The number of hydrogen-bond donors (Lipinski definition) is 1. The average Bonchev–Trinajstić information content (AvgIpc) is 3.29. The van der Waals surface area contributed by atoms with Gasteiger partial charge in [0.15, 0.2) is 0 Å². The molecule has 168 valence electrons. The lowest BCUT2D eigenvalue weighted by atomic mass is 9.97. The van der Waals surface area contributed by atoms with Gasteiger partial charge in [-0.25, -0.2) is 12.8 Å². The van der Waals surface area contributed by atoms with E-state index in [-0.39, 0.29) is 29.8 Å². The zero-order valence-corrected chi connectivity index (χ0v) is 18.3. The first-order valence-corrected chi connectivity index (χ1v) is 11.8. The lowest BCUT2D eigenvalue weighted by molar-refractivity contribution is -0.120. The van der Waals surface area contributed by atoms with Crippen molar-refractivity contribution in [2.75, 3.05) is 18.4 Å². The monoisotopic (exact) mass is 458 g/mol. The van der Waals surface area contributed by atoms with Crippen molar-refractivity contribution in [2.24, 2.45) is 5.92 Å². The van der Waals surface area contributed by atoms with E-state index in [1.54, 1.807) is 18.2 Å². The molecule has 1 aliphatic rings. The first-order valence-electron chi connectivity index (χ1n) is 10.4. The zero-order valence-electron chi connectivity index (χ0n) is 17.5. The minimum Gasteiger partial charge on any atom is -0.339 e. The molecule has 0 aliphatic carbocycles. The van der Waals surface area contributed by atoms with E-state index in [1.165, 1.54) is 34.6 Å². The van der Waals surface area contributed by atoms with Gasteiger partial charge in [0.25, 0.3) is 0 Å². The van der Waals surface area contributed by atoms with Crippen molar-refractivity contribution in [3.05, 3.63) is 60.2 Å². The molecule has 0 bridgehead atoms. The Labute approximate surface area is 185 Å². The van der Waals surface area contributed by atoms with Crippen LogP contribution in [-0.4, -0.2) is 41.9 Å². The van der Waals surface area contributed by atoms with Gasteiger partial charge in [0.05, 0.1) is 4.90 Å². The van der Waals surface area contributed by atoms with E-state index < -0.39 is 15.8 Å². The van der Waals surface area contributed by atoms with Crippen LogP contribution in [0.4, 0.5) is 10.1 Å². The minimum atomic E-state index is -3.74. The predicted molar refractivity (Wildman–Crippen MR) is 116 cm³/mol. The van der Waals surface area contributed by atoms with Crippen molar-refractivity contribution >= 4 is 21.6 Å². The van der Waals surface area contributed by atoms with Gasteiger partial charge in [-0.1, -0.05) is 30.3 Å². The molecule has 1 N–H and O–H groups in total. The van der Waals surface area contributed by atoms with Gasteiger partial charge in [-0.3, -0.25) is 4.79 Å². The molecule has 2 heterocycles. The van der Waals surface area contributed by atoms with Crippen LogP contribution in [0, 0.1) is 11.7 Å². The lowest BCUT2D eigenvalue weighted by Gasteiger charge is -2.30. The fourth-order valence-electron chi connectivity index (χ4n) is 3.63. The highest BCUT2D eigenvalue weighted by Gasteiger charge is 2.32. The van der Waals surface area contributed by atoms with Crippen LogP contribution >= 0.6 is 0 Å². The number of anilines is 1. The summed E-state index contributed by atoms with van der Waals surface area (Å²) in [6.45, 7) is 2.33. The molecule has 1 saturated heterocycles. The lowest BCUT2D eigenvalue weighted by Crippen LogP contribution is -2.41. The Hall–Kier alpha value is -3.11. The Balaban J connectivity index is 1.42. The molecule has 0 unspecified atom stereocenters. The smallest absolute Gasteiger partial charge is 0.243 e. The second kappa shape index (κ2) is 9.17. The third-order valence-corrected chi connectivity index (χ3v) is 7.31. The Morgan fingerprint density at radius 2 is 1.94 bits per heavy atom. The van der Waals surface area contributed by atoms with Gasteiger partial charge >= 0.3 is 0 Å². The third-order valence-electron chi connectivity index (χ3n) is 5.42. The Kier molecular flexibility index (Phi) is 6.33. The maximum absolute atomic E-state index is 13.3. The van der Waals surface area contributed by atoms with E-state index in [2.05, 4.69) is 15.5 Å². The highest BCUT2D eigenvalue weighted by Crippen LogP contribution is 2.27. The van der Waals surface area contributed by atoms with Crippen LogP contribution in [0.15, 0.2) is 57.9 Å². The SMILES string of the molecule is CCc1nc(-c2cccc(S(=O)(=O)N3CCC(C(=O)Nc4cccc(F)c4)CC3)c2)no1. The van der Waals surface area contributed by atoms with Crippen molar-refractivity contribution in [3.63, 3.8) is 0 Å². The highest BCUT2D eigenvalue weighted by atomic mass is 32.2. The van der Waals surface area contributed by atoms with Gasteiger partial charge in [0.1, 0.15) is 5.82 Å². The molecular weight excluding hydrogens is 435 g/mol. The molecule has 1 aliphatic heterocycles. The van der Waals surface area contributed by atoms with Crippen molar-refractivity contribution in [2.45, 2.75) is 31.1 Å². The Morgan fingerprint density at radius 1 is 1.19 bits per heavy atom. The maximum Gasteiger partial charge on any atom is 0.243 e. The van der Waals surface area contributed by atoms with Gasteiger partial charge in [-0.15, -0.1) is 0 Å². The third kappa shape index (κ3) is 4.71.